The first-order chi connectivity index (χ1) is 16.4. The zero-order valence-corrected chi connectivity index (χ0v) is 24.9. The van der Waals surface area contributed by atoms with Gasteiger partial charge in [-0.15, -0.1) is 0 Å². The van der Waals surface area contributed by atoms with E-state index in [0.717, 1.165) is 58.8 Å². The van der Waals surface area contributed by atoms with E-state index in [-0.39, 0.29) is 0 Å². The summed E-state index contributed by atoms with van der Waals surface area (Å²) in [5.41, 5.74) is 5.38. The smallest absolute Gasteiger partial charge is 0.0108 e. The molecule has 0 heterocycles. The number of nitrogens with two attached hydrogens (primary N) is 1. The first-order valence-electron chi connectivity index (χ1n) is 14.1. The molecular formula is C27H67N7. The molecule has 0 rings (SSSR count). The normalized spacial score (nSPS) is 10.9. The van der Waals surface area contributed by atoms with Crippen molar-refractivity contribution in [2.45, 2.75) is 71.6 Å². The van der Waals surface area contributed by atoms with Crippen LogP contribution in [0.2, 0.25) is 0 Å². The van der Waals surface area contributed by atoms with Crippen molar-refractivity contribution in [2.24, 2.45) is 5.73 Å². The maximum absolute atomic E-state index is 5.38. The van der Waals surface area contributed by atoms with Crippen molar-refractivity contribution in [3.63, 3.8) is 0 Å². The van der Waals surface area contributed by atoms with E-state index in [9.17, 15) is 0 Å². The van der Waals surface area contributed by atoms with E-state index < -0.39 is 0 Å². The van der Waals surface area contributed by atoms with Gasteiger partial charge in [0.2, 0.25) is 0 Å². The van der Waals surface area contributed by atoms with Crippen molar-refractivity contribution in [3.8, 4) is 0 Å². The molecule has 0 aromatic heterocycles. The van der Waals surface area contributed by atoms with Crippen LogP contribution in [0.4, 0.5) is 0 Å². The fraction of sp³-hybridized carbons (Fsp3) is 1.00. The van der Waals surface area contributed by atoms with E-state index in [2.05, 4.69) is 65.6 Å². The van der Waals surface area contributed by atoms with Gasteiger partial charge in [0.15, 0.2) is 0 Å². The minimum atomic E-state index is 0.816. The van der Waals surface area contributed by atoms with Crippen LogP contribution in [0.3, 0.4) is 0 Å². The second-order valence-electron chi connectivity index (χ2n) is 9.52. The SMILES string of the molecule is CCCCCCCCN(C)C.CCCCN(C)CCCN.CNCCN(CCNC)CCNC. The number of nitrogens with zero attached hydrogens (tertiary/aromatic N) is 3. The van der Waals surface area contributed by atoms with Crippen LogP contribution in [-0.2, 0) is 0 Å². The number of likely N-dealkylation sites (N-methyl/N-ethyl adjacent to an activating group) is 3. The first kappa shape index (κ1) is 38.3. The van der Waals surface area contributed by atoms with E-state index in [1.165, 1.54) is 64.5 Å². The Bertz CT molecular complexity index is 303. The van der Waals surface area contributed by atoms with E-state index in [1.54, 1.807) is 0 Å². The molecule has 34 heavy (non-hydrogen) atoms. The number of rotatable bonds is 22. The number of hydrogen-bond acceptors (Lipinski definition) is 7. The van der Waals surface area contributed by atoms with Crippen molar-refractivity contribution >= 4 is 0 Å². The first-order valence-corrected chi connectivity index (χ1v) is 14.1. The molecule has 0 saturated heterocycles. The van der Waals surface area contributed by atoms with E-state index in [0.29, 0.717) is 0 Å². The highest BCUT2D eigenvalue weighted by atomic mass is 15.2. The Labute approximate surface area is 216 Å². The molecule has 0 saturated carbocycles. The molecule has 0 aliphatic heterocycles. The predicted octanol–water partition coefficient (Wildman–Crippen LogP) is 2.92. The minimum absolute atomic E-state index is 0.816. The van der Waals surface area contributed by atoms with Crippen LogP contribution in [-0.4, -0.2) is 122 Å². The zero-order valence-electron chi connectivity index (χ0n) is 24.9. The Hall–Kier alpha value is -0.280. The van der Waals surface area contributed by atoms with Crippen LogP contribution in [0.1, 0.15) is 71.6 Å². The highest BCUT2D eigenvalue weighted by Crippen LogP contribution is 2.04. The molecule has 0 fully saturated rings. The molecule has 0 radical (unpaired) electrons. The molecule has 0 aliphatic carbocycles. The van der Waals surface area contributed by atoms with Crippen molar-refractivity contribution in [3.05, 3.63) is 0 Å². The van der Waals surface area contributed by atoms with Gasteiger partial charge in [-0.2, -0.15) is 0 Å². The molecular weight excluding hydrogens is 422 g/mol. The summed E-state index contributed by atoms with van der Waals surface area (Å²) in [4.78, 5) is 7.06. The van der Waals surface area contributed by atoms with E-state index in [1.807, 2.05) is 21.1 Å². The molecule has 7 heteroatoms. The van der Waals surface area contributed by atoms with Gasteiger partial charge in [0.25, 0.3) is 0 Å². The molecule has 0 aliphatic rings. The van der Waals surface area contributed by atoms with Gasteiger partial charge >= 0.3 is 0 Å². The van der Waals surface area contributed by atoms with Crippen LogP contribution in [0.5, 0.6) is 0 Å². The number of hydrogen-bond donors (Lipinski definition) is 4. The lowest BCUT2D eigenvalue weighted by Crippen LogP contribution is -2.39. The quantitative estimate of drug-likeness (QED) is 0.174. The predicted molar refractivity (Wildman–Crippen MR) is 156 cm³/mol. The summed E-state index contributed by atoms with van der Waals surface area (Å²) < 4.78 is 0. The van der Waals surface area contributed by atoms with Crippen molar-refractivity contribution in [1.29, 1.82) is 0 Å². The van der Waals surface area contributed by atoms with Crippen molar-refractivity contribution in [2.75, 3.05) is 108 Å². The van der Waals surface area contributed by atoms with E-state index in [4.69, 9.17) is 5.73 Å². The number of unbranched alkanes of at least 4 members (excludes halogenated alkanes) is 6. The fourth-order valence-electron chi connectivity index (χ4n) is 3.25. The van der Waals surface area contributed by atoms with Gasteiger partial charge < -0.3 is 31.5 Å². The lowest BCUT2D eigenvalue weighted by Gasteiger charge is -2.21. The molecule has 210 valence electrons. The standard InChI is InChI=1S/C10H23N.C9H24N4.C8H20N2/c1-4-5-6-7-8-9-10-11(2)3;1-10-4-7-13(8-5-11-2)9-6-12-3;1-3-4-7-10(2)8-5-6-9/h4-10H2,1-3H3;10-12H,4-9H2,1-3H3;3-9H2,1-2H3. The van der Waals surface area contributed by atoms with Crippen molar-refractivity contribution < 1.29 is 0 Å². The second kappa shape index (κ2) is 34.9. The molecule has 7 nitrogen and oxygen atoms in total. The van der Waals surface area contributed by atoms with Crippen LogP contribution in [0.25, 0.3) is 0 Å². The van der Waals surface area contributed by atoms with Crippen LogP contribution in [0.15, 0.2) is 0 Å². The highest BCUT2D eigenvalue weighted by Gasteiger charge is 2.01. The molecule has 0 spiro atoms. The lowest BCUT2D eigenvalue weighted by atomic mass is 10.1. The summed E-state index contributed by atoms with van der Waals surface area (Å²) in [6, 6.07) is 0. The van der Waals surface area contributed by atoms with Gasteiger partial charge in [-0.25, -0.2) is 0 Å². The molecule has 0 aromatic rings. The third-order valence-electron chi connectivity index (χ3n) is 5.63. The average Bonchev–Trinajstić information content (AvgIpc) is 2.83. The van der Waals surface area contributed by atoms with Gasteiger partial charge in [0.1, 0.15) is 0 Å². The van der Waals surface area contributed by atoms with Crippen molar-refractivity contribution in [1.82, 2.24) is 30.7 Å². The third-order valence-corrected chi connectivity index (χ3v) is 5.63. The Morgan fingerprint density at radius 1 is 0.529 bits per heavy atom. The van der Waals surface area contributed by atoms with E-state index >= 15 is 0 Å². The van der Waals surface area contributed by atoms with Crippen LogP contribution in [0, 0.1) is 0 Å². The molecule has 0 aromatic carbocycles. The maximum Gasteiger partial charge on any atom is 0.0108 e. The van der Waals surface area contributed by atoms with Crippen LogP contribution >= 0.6 is 0 Å². The second-order valence-corrected chi connectivity index (χ2v) is 9.52. The van der Waals surface area contributed by atoms with Crippen LogP contribution < -0.4 is 21.7 Å². The summed E-state index contributed by atoms with van der Waals surface area (Å²) in [5, 5.41) is 9.51. The Balaban J connectivity index is -0.000000428. The topological polar surface area (TPSA) is 71.8 Å². The van der Waals surface area contributed by atoms with Gasteiger partial charge in [-0.1, -0.05) is 52.4 Å². The molecule has 0 amide bonds. The fourth-order valence-corrected chi connectivity index (χ4v) is 3.25. The largest absolute Gasteiger partial charge is 0.330 e. The minimum Gasteiger partial charge on any atom is -0.330 e. The summed E-state index contributed by atoms with van der Waals surface area (Å²) in [7, 11) is 12.4. The highest BCUT2D eigenvalue weighted by molar-refractivity contribution is 4.61. The Morgan fingerprint density at radius 2 is 0.971 bits per heavy atom. The van der Waals surface area contributed by atoms with Gasteiger partial charge in [-0.05, 0) is 87.7 Å². The summed E-state index contributed by atoms with van der Waals surface area (Å²) in [5.74, 6) is 0. The number of nitrogens with one attached hydrogen (secondary N) is 3. The third kappa shape index (κ3) is 39.0. The average molecular weight is 490 g/mol. The van der Waals surface area contributed by atoms with Gasteiger partial charge in [-0.3, -0.25) is 4.90 Å². The monoisotopic (exact) mass is 490 g/mol. The Morgan fingerprint density at radius 3 is 1.38 bits per heavy atom. The molecule has 0 atom stereocenters. The maximum atomic E-state index is 5.38. The Kier molecular flexibility index (Phi) is 39.2. The molecule has 5 N–H and O–H groups in total. The summed E-state index contributed by atoms with van der Waals surface area (Å²) in [6.45, 7) is 15.5. The zero-order chi connectivity index (χ0) is 26.3. The summed E-state index contributed by atoms with van der Waals surface area (Å²) in [6.07, 6.45) is 12.1. The lowest BCUT2D eigenvalue weighted by molar-refractivity contribution is 0.279. The summed E-state index contributed by atoms with van der Waals surface area (Å²) >= 11 is 0. The van der Waals surface area contributed by atoms with Gasteiger partial charge in [0, 0.05) is 39.3 Å². The van der Waals surface area contributed by atoms with Gasteiger partial charge in [0.05, 0.1) is 0 Å². The molecule has 0 bridgehead atoms. The molecule has 0 unspecified atom stereocenters.